The first-order chi connectivity index (χ1) is 31.6. The van der Waals surface area contributed by atoms with Gasteiger partial charge in [-0.3, -0.25) is 23.2 Å². The van der Waals surface area contributed by atoms with Crippen LogP contribution in [0.15, 0.2) is 36.5 Å². The van der Waals surface area contributed by atoms with E-state index in [0.717, 1.165) is 38.0 Å². The number of allylic oxidation sites excluding steroid dienone is 5. The highest BCUT2D eigenvalue weighted by atomic mass is 31.2. The molecular formula is C50H94O14P2. The molecule has 388 valence electrons. The van der Waals surface area contributed by atoms with E-state index in [1.54, 1.807) is 12.2 Å². The van der Waals surface area contributed by atoms with E-state index < -0.39 is 72.3 Å². The number of aliphatic hydroxyl groups is 2. The Kier molecular flexibility index (Phi) is 43.4. The summed E-state index contributed by atoms with van der Waals surface area (Å²) in [7, 11) is -9.75. The zero-order valence-corrected chi connectivity index (χ0v) is 43.1. The van der Waals surface area contributed by atoms with E-state index in [0.29, 0.717) is 6.42 Å². The van der Waals surface area contributed by atoms with Gasteiger partial charge in [-0.1, -0.05) is 205 Å². The van der Waals surface area contributed by atoms with Gasteiger partial charge >= 0.3 is 27.6 Å². The van der Waals surface area contributed by atoms with Gasteiger partial charge in [0.15, 0.2) is 6.10 Å². The van der Waals surface area contributed by atoms with Gasteiger partial charge in [0, 0.05) is 12.8 Å². The lowest BCUT2D eigenvalue weighted by Gasteiger charge is -2.20. The lowest BCUT2D eigenvalue weighted by Crippen LogP contribution is -2.30. The average molecular weight is 981 g/mol. The number of carbonyl (C=O) groups excluding carboxylic acids is 2. The molecule has 0 aromatic heterocycles. The minimum absolute atomic E-state index is 0.0906. The molecule has 0 saturated carbocycles. The van der Waals surface area contributed by atoms with Crippen LogP contribution in [0, 0.1) is 5.92 Å². The molecule has 0 aliphatic rings. The van der Waals surface area contributed by atoms with Gasteiger partial charge in [-0.2, -0.15) is 0 Å². The largest absolute Gasteiger partial charge is 0.472 e. The Labute approximate surface area is 400 Å². The van der Waals surface area contributed by atoms with Gasteiger partial charge in [0.1, 0.15) is 12.7 Å². The van der Waals surface area contributed by atoms with Crippen molar-refractivity contribution in [1.82, 2.24) is 0 Å². The predicted octanol–water partition coefficient (Wildman–Crippen LogP) is 12.8. The van der Waals surface area contributed by atoms with Crippen molar-refractivity contribution in [1.29, 1.82) is 0 Å². The molecule has 0 saturated heterocycles. The molecule has 14 nitrogen and oxygen atoms in total. The van der Waals surface area contributed by atoms with Crippen LogP contribution in [0.3, 0.4) is 0 Å². The monoisotopic (exact) mass is 981 g/mol. The summed E-state index contributed by atoms with van der Waals surface area (Å²) in [5, 5.41) is 20.1. The van der Waals surface area contributed by atoms with Crippen LogP contribution in [0.5, 0.6) is 0 Å². The molecule has 66 heavy (non-hydrogen) atoms. The number of unbranched alkanes of at least 4 members (excludes halogenated alkanes) is 23. The molecule has 0 spiro atoms. The first-order valence-corrected chi connectivity index (χ1v) is 28.7. The highest BCUT2D eigenvalue weighted by Crippen LogP contribution is 2.44. The molecule has 5 N–H and O–H groups in total. The van der Waals surface area contributed by atoms with E-state index in [2.05, 4.69) is 42.0 Å². The van der Waals surface area contributed by atoms with Gasteiger partial charge in [0.05, 0.1) is 25.9 Å². The van der Waals surface area contributed by atoms with Crippen LogP contribution in [0.1, 0.15) is 220 Å². The maximum Gasteiger partial charge on any atom is 0.472 e. The van der Waals surface area contributed by atoms with Crippen LogP contribution in [0.25, 0.3) is 0 Å². The van der Waals surface area contributed by atoms with E-state index in [-0.39, 0.29) is 25.7 Å². The molecule has 0 fully saturated rings. The standard InChI is InChI=1S/C50H94O14P2/c1-4-5-6-7-8-9-10-17-21-24-27-30-33-37-46(51)38-35-40-50(54)64-48(44-63-66(58,59)62-42-47(52)41-61-65(55,56)57)43-60-49(53)39-34-31-28-25-22-19-16-14-12-11-13-15-18-20-23-26-29-32-36-45(2)3/h17,21,27,30,33,37,45-48,51-52H,4-16,18-20,22-26,28-29,31-32,34-36,38-44H2,1-3H3,(H,58,59)(H2,55,56,57)/b21-17+,30-27+,37-33+/t46?,47-,48+/m0/s1. The third-order valence-electron chi connectivity index (χ3n) is 11.1. The van der Waals surface area contributed by atoms with E-state index in [1.165, 1.54) is 135 Å². The Balaban J connectivity index is 4.52. The Hall–Kier alpha value is -1.70. The Morgan fingerprint density at radius 2 is 1.03 bits per heavy atom. The molecule has 0 aliphatic carbocycles. The molecule has 0 aliphatic heterocycles. The second kappa shape index (κ2) is 44.5. The number of phosphoric ester groups is 2. The predicted molar refractivity (Wildman–Crippen MR) is 264 cm³/mol. The molecule has 4 atom stereocenters. The van der Waals surface area contributed by atoms with Crippen LogP contribution >= 0.6 is 15.6 Å². The van der Waals surface area contributed by atoms with E-state index in [9.17, 15) is 33.8 Å². The third-order valence-corrected chi connectivity index (χ3v) is 12.5. The maximum absolute atomic E-state index is 12.7. The first kappa shape index (κ1) is 64.3. The second-order valence-electron chi connectivity index (χ2n) is 18.1. The summed E-state index contributed by atoms with van der Waals surface area (Å²) in [5.41, 5.74) is 0. The topological polar surface area (TPSA) is 216 Å². The van der Waals surface area contributed by atoms with Crippen molar-refractivity contribution >= 4 is 27.6 Å². The van der Waals surface area contributed by atoms with Crippen molar-refractivity contribution in [3.05, 3.63) is 36.5 Å². The number of hydrogen-bond donors (Lipinski definition) is 5. The van der Waals surface area contributed by atoms with Gasteiger partial charge in [-0.25, -0.2) is 9.13 Å². The van der Waals surface area contributed by atoms with Crippen molar-refractivity contribution in [2.24, 2.45) is 5.92 Å². The summed E-state index contributed by atoms with van der Waals surface area (Å²) in [6.07, 6.45) is 41.7. The number of esters is 2. The Morgan fingerprint density at radius 3 is 1.59 bits per heavy atom. The number of carbonyl (C=O) groups is 2. The molecule has 0 amide bonds. The maximum atomic E-state index is 12.7. The molecule has 0 rings (SSSR count). The van der Waals surface area contributed by atoms with Crippen molar-refractivity contribution in [3.8, 4) is 0 Å². The van der Waals surface area contributed by atoms with Crippen LogP contribution < -0.4 is 0 Å². The van der Waals surface area contributed by atoms with Crippen molar-refractivity contribution in [3.63, 3.8) is 0 Å². The number of hydrogen-bond acceptors (Lipinski definition) is 11. The summed E-state index contributed by atoms with van der Waals surface area (Å²) in [4.78, 5) is 52.9. The summed E-state index contributed by atoms with van der Waals surface area (Å²) in [6, 6.07) is 0. The number of rotatable bonds is 48. The molecule has 0 aromatic carbocycles. The average Bonchev–Trinajstić information content (AvgIpc) is 3.26. The zero-order valence-electron chi connectivity index (χ0n) is 41.3. The number of phosphoric acid groups is 2. The van der Waals surface area contributed by atoms with Crippen LogP contribution in [-0.2, 0) is 41.8 Å². The van der Waals surface area contributed by atoms with E-state index in [1.807, 2.05) is 12.2 Å². The molecule has 0 heterocycles. The normalized spacial score (nSPS) is 14.7. The Morgan fingerprint density at radius 1 is 0.530 bits per heavy atom. The summed E-state index contributed by atoms with van der Waals surface area (Å²) >= 11 is 0. The number of aliphatic hydroxyl groups excluding tert-OH is 2. The Bertz CT molecular complexity index is 1330. The lowest BCUT2D eigenvalue weighted by molar-refractivity contribution is -0.161. The summed E-state index contributed by atoms with van der Waals surface area (Å²) < 4.78 is 47.8. The molecule has 16 heteroatoms. The van der Waals surface area contributed by atoms with Crippen molar-refractivity contribution in [2.45, 2.75) is 238 Å². The SMILES string of the molecule is CCCCCCCC/C=C/C/C=C/C=C/C(O)CCCC(=O)O[C@H](COC(=O)CCCCCCCCCCCCCCCCCCCCC(C)C)COP(=O)(O)OC[C@@H](O)COP(=O)(O)O. The molecular weight excluding hydrogens is 886 g/mol. The highest BCUT2D eigenvalue weighted by molar-refractivity contribution is 7.47. The van der Waals surface area contributed by atoms with Crippen molar-refractivity contribution in [2.75, 3.05) is 26.4 Å². The van der Waals surface area contributed by atoms with Gasteiger partial charge in [0.25, 0.3) is 0 Å². The second-order valence-corrected chi connectivity index (χ2v) is 20.8. The first-order valence-electron chi connectivity index (χ1n) is 25.6. The fourth-order valence-electron chi connectivity index (χ4n) is 7.13. The molecule has 0 radical (unpaired) electrons. The fraction of sp³-hybridized carbons (Fsp3) is 0.840. The zero-order chi connectivity index (χ0) is 49.0. The quantitative estimate of drug-likeness (QED) is 0.0126. The number of ether oxygens (including phenoxy) is 2. The van der Waals surface area contributed by atoms with E-state index in [4.69, 9.17) is 23.8 Å². The molecule has 2 unspecified atom stereocenters. The fourth-order valence-corrected chi connectivity index (χ4v) is 8.29. The minimum Gasteiger partial charge on any atom is -0.462 e. The van der Waals surface area contributed by atoms with Crippen LogP contribution in [0.4, 0.5) is 0 Å². The molecule has 0 bridgehead atoms. The van der Waals surface area contributed by atoms with Gasteiger partial charge in [-0.05, 0) is 44.4 Å². The van der Waals surface area contributed by atoms with Crippen LogP contribution in [-0.4, -0.2) is 81.6 Å². The summed E-state index contributed by atoms with van der Waals surface area (Å²) in [6.45, 7) is 3.93. The lowest BCUT2D eigenvalue weighted by atomic mass is 10.0. The third kappa shape index (κ3) is 48.7. The highest BCUT2D eigenvalue weighted by Gasteiger charge is 2.28. The van der Waals surface area contributed by atoms with Gasteiger partial charge < -0.3 is 34.4 Å². The molecule has 0 aromatic rings. The van der Waals surface area contributed by atoms with E-state index >= 15 is 0 Å². The van der Waals surface area contributed by atoms with Crippen molar-refractivity contribution < 1.29 is 66.7 Å². The minimum atomic E-state index is -4.89. The summed E-state index contributed by atoms with van der Waals surface area (Å²) in [5.74, 6) is -0.391. The van der Waals surface area contributed by atoms with Gasteiger partial charge in [0.2, 0.25) is 0 Å². The van der Waals surface area contributed by atoms with Crippen LogP contribution in [0.2, 0.25) is 0 Å². The smallest absolute Gasteiger partial charge is 0.462 e. The van der Waals surface area contributed by atoms with Gasteiger partial charge in [-0.15, -0.1) is 0 Å².